The lowest BCUT2D eigenvalue weighted by Gasteiger charge is -2.45. The van der Waals surface area contributed by atoms with E-state index in [1.807, 2.05) is 36.9 Å². The van der Waals surface area contributed by atoms with Gasteiger partial charge in [0.2, 0.25) is 5.91 Å². The molecule has 1 saturated heterocycles. The second kappa shape index (κ2) is 5.61. The molecule has 1 aliphatic rings. The van der Waals surface area contributed by atoms with Crippen LogP contribution >= 0.6 is 15.9 Å². The zero-order valence-electron chi connectivity index (χ0n) is 11.2. The maximum absolute atomic E-state index is 11.9. The molecule has 0 unspecified atom stereocenters. The Morgan fingerprint density at radius 3 is 2.79 bits per heavy atom. The fourth-order valence-electron chi connectivity index (χ4n) is 2.24. The smallest absolute Gasteiger partial charge is 0.238 e. The number of benzene rings is 1. The summed E-state index contributed by atoms with van der Waals surface area (Å²) >= 11 is 3.43. The van der Waals surface area contributed by atoms with Crippen molar-refractivity contribution in [1.29, 1.82) is 0 Å². The van der Waals surface area contributed by atoms with Crippen LogP contribution in [-0.4, -0.2) is 41.1 Å². The summed E-state index contributed by atoms with van der Waals surface area (Å²) in [5.41, 5.74) is 1.33. The number of aryl methyl sites for hydroxylation is 1. The van der Waals surface area contributed by atoms with E-state index in [1.165, 1.54) is 0 Å². The van der Waals surface area contributed by atoms with Crippen molar-refractivity contribution in [2.45, 2.75) is 25.9 Å². The van der Waals surface area contributed by atoms with E-state index < -0.39 is 5.60 Å². The van der Waals surface area contributed by atoms with Crippen molar-refractivity contribution >= 4 is 27.5 Å². The topological polar surface area (TPSA) is 52.6 Å². The van der Waals surface area contributed by atoms with Crippen LogP contribution in [0.2, 0.25) is 0 Å². The second-order valence-corrected chi connectivity index (χ2v) is 6.11. The molecule has 0 bridgehead atoms. The molecule has 2 rings (SSSR count). The van der Waals surface area contributed by atoms with Gasteiger partial charge < -0.3 is 10.4 Å². The highest BCUT2D eigenvalue weighted by molar-refractivity contribution is 9.10. The molecule has 0 aliphatic carbocycles. The summed E-state index contributed by atoms with van der Waals surface area (Å²) in [7, 11) is 0. The number of hydrogen-bond acceptors (Lipinski definition) is 3. The molecule has 1 aromatic rings. The van der Waals surface area contributed by atoms with Gasteiger partial charge in [0.05, 0.1) is 17.8 Å². The fraction of sp³-hybridized carbons (Fsp3) is 0.500. The van der Waals surface area contributed by atoms with E-state index in [0.29, 0.717) is 19.6 Å². The molecule has 1 aromatic carbocycles. The minimum atomic E-state index is -0.593. The molecular formula is C14H19BrN2O2. The average molecular weight is 327 g/mol. The molecular weight excluding hydrogens is 308 g/mol. The number of β-amino-alcohol motifs (C(OH)–C–C–N with tert-alkyl or cyclic N) is 1. The summed E-state index contributed by atoms with van der Waals surface area (Å²) in [6.07, 6.45) is 0.731. The van der Waals surface area contributed by atoms with Crippen molar-refractivity contribution in [3.05, 3.63) is 28.2 Å². The van der Waals surface area contributed by atoms with E-state index >= 15 is 0 Å². The second-order valence-electron chi connectivity index (χ2n) is 5.25. The summed E-state index contributed by atoms with van der Waals surface area (Å²) in [5.74, 6) is -0.0530. The molecule has 0 saturated carbocycles. The summed E-state index contributed by atoms with van der Waals surface area (Å²) < 4.78 is 0.884. The van der Waals surface area contributed by atoms with Gasteiger partial charge in [0.1, 0.15) is 0 Å². The number of halogens is 1. The molecule has 19 heavy (non-hydrogen) atoms. The van der Waals surface area contributed by atoms with Gasteiger partial charge in [0.15, 0.2) is 0 Å². The number of amides is 1. The lowest BCUT2D eigenvalue weighted by Crippen LogP contribution is -2.62. The molecule has 5 heteroatoms. The predicted molar refractivity (Wildman–Crippen MR) is 79.2 cm³/mol. The Balaban J connectivity index is 1.85. The largest absolute Gasteiger partial charge is 0.387 e. The number of likely N-dealkylation sites (tertiary alicyclic amines) is 1. The van der Waals surface area contributed by atoms with Gasteiger partial charge >= 0.3 is 0 Å². The molecule has 1 aliphatic heterocycles. The first kappa shape index (κ1) is 14.5. The van der Waals surface area contributed by atoms with Crippen LogP contribution in [0.1, 0.15) is 18.9 Å². The number of nitrogens with one attached hydrogen (secondary N) is 1. The Bertz CT molecular complexity index is 484. The Morgan fingerprint density at radius 1 is 1.53 bits per heavy atom. The van der Waals surface area contributed by atoms with Gasteiger partial charge in [0.25, 0.3) is 0 Å². The Labute approximate surface area is 121 Å². The Kier molecular flexibility index (Phi) is 4.28. The molecule has 1 fully saturated rings. The van der Waals surface area contributed by atoms with E-state index in [2.05, 4.69) is 21.2 Å². The number of aliphatic hydroxyl groups is 1. The number of nitrogens with zero attached hydrogens (tertiary/aromatic N) is 1. The van der Waals surface area contributed by atoms with Crippen molar-refractivity contribution in [3.63, 3.8) is 0 Å². The fourth-order valence-corrected chi connectivity index (χ4v) is 2.83. The highest BCUT2D eigenvalue weighted by atomic mass is 79.9. The SMILES string of the molecule is CCC1(O)CN(CC(=O)Nc2ccc(C)cc2Br)C1. The van der Waals surface area contributed by atoms with Crippen LogP contribution in [0.4, 0.5) is 5.69 Å². The summed E-state index contributed by atoms with van der Waals surface area (Å²) in [4.78, 5) is 13.8. The highest BCUT2D eigenvalue weighted by Crippen LogP contribution is 2.25. The molecule has 104 valence electrons. The first-order chi connectivity index (χ1) is 8.92. The molecule has 1 amide bonds. The van der Waals surface area contributed by atoms with Crippen molar-refractivity contribution in [3.8, 4) is 0 Å². The lowest BCUT2D eigenvalue weighted by molar-refractivity contribution is -0.128. The molecule has 0 spiro atoms. The molecule has 1 heterocycles. The van der Waals surface area contributed by atoms with Crippen LogP contribution in [0.3, 0.4) is 0 Å². The third-order valence-electron chi connectivity index (χ3n) is 3.46. The minimum Gasteiger partial charge on any atom is -0.387 e. The average Bonchev–Trinajstić information content (AvgIpc) is 2.30. The molecule has 0 aromatic heterocycles. The number of anilines is 1. The van der Waals surface area contributed by atoms with Gasteiger partial charge in [-0.2, -0.15) is 0 Å². The zero-order valence-corrected chi connectivity index (χ0v) is 12.8. The van der Waals surface area contributed by atoms with Crippen molar-refractivity contribution in [2.24, 2.45) is 0 Å². The quantitative estimate of drug-likeness (QED) is 0.891. The van der Waals surface area contributed by atoms with Crippen LogP contribution < -0.4 is 5.32 Å². The highest BCUT2D eigenvalue weighted by Gasteiger charge is 2.39. The summed E-state index contributed by atoms with van der Waals surface area (Å²) in [6.45, 7) is 5.43. The Morgan fingerprint density at radius 2 is 2.21 bits per heavy atom. The van der Waals surface area contributed by atoms with E-state index in [4.69, 9.17) is 0 Å². The predicted octanol–water partition coefficient (Wildman–Crippen LogP) is 2.15. The normalized spacial score (nSPS) is 17.9. The first-order valence-corrected chi connectivity index (χ1v) is 7.22. The van der Waals surface area contributed by atoms with E-state index in [0.717, 1.165) is 22.1 Å². The van der Waals surface area contributed by atoms with Crippen molar-refractivity contribution < 1.29 is 9.90 Å². The van der Waals surface area contributed by atoms with E-state index in [-0.39, 0.29) is 5.91 Å². The Hall–Kier alpha value is -0.910. The maximum Gasteiger partial charge on any atom is 0.238 e. The van der Waals surface area contributed by atoms with Crippen LogP contribution in [0.5, 0.6) is 0 Å². The molecule has 0 atom stereocenters. The third kappa shape index (κ3) is 3.55. The van der Waals surface area contributed by atoms with Gasteiger partial charge in [-0.15, -0.1) is 0 Å². The summed E-state index contributed by atoms with van der Waals surface area (Å²) in [6, 6.07) is 5.81. The van der Waals surface area contributed by atoms with Crippen LogP contribution in [0, 0.1) is 6.92 Å². The maximum atomic E-state index is 11.9. The molecule has 0 radical (unpaired) electrons. The number of hydrogen-bond donors (Lipinski definition) is 2. The summed E-state index contributed by atoms with van der Waals surface area (Å²) in [5, 5.41) is 12.8. The minimum absolute atomic E-state index is 0.0530. The monoisotopic (exact) mass is 326 g/mol. The van der Waals surface area contributed by atoms with Gasteiger partial charge in [-0.3, -0.25) is 9.69 Å². The van der Waals surface area contributed by atoms with Crippen LogP contribution in [0.25, 0.3) is 0 Å². The van der Waals surface area contributed by atoms with Gasteiger partial charge in [-0.1, -0.05) is 13.0 Å². The van der Waals surface area contributed by atoms with Crippen molar-refractivity contribution in [1.82, 2.24) is 4.90 Å². The van der Waals surface area contributed by atoms with E-state index in [9.17, 15) is 9.90 Å². The number of rotatable bonds is 4. The van der Waals surface area contributed by atoms with E-state index in [1.54, 1.807) is 0 Å². The van der Waals surface area contributed by atoms with Crippen LogP contribution in [0.15, 0.2) is 22.7 Å². The van der Waals surface area contributed by atoms with Gasteiger partial charge in [-0.05, 0) is 47.0 Å². The van der Waals surface area contributed by atoms with Crippen molar-refractivity contribution in [2.75, 3.05) is 25.0 Å². The lowest BCUT2D eigenvalue weighted by atomic mass is 9.91. The molecule has 4 nitrogen and oxygen atoms in total. The molecule has 2 N–H and O–H groups in total. The number of carbonyl (C=O) groups is 1. The number of carbonyl (C=O) groups excluding carboxylic acids is 1. The standard InChI is InChI=1S/C14H19BrN2O2/c1-3-14(19)8-17(9-14)7-13(18)16-12-5-4-10(2)6-11(12)15/h4-6,19H,3,7-9H2,1-2H3,(H,16,18). The van der Waals surface area contributed by atoms with Gasteiger partial charge in [0, 0.05) is 17.6 Å². The first-order valence-electron chi connectivity index (χ1n) is 6.42. The van der Waals surface area contributed by atoms with Crippen LogP contribution in [-0.2, 0) is 4.79 Å². The zero-order chi connectivity index (χ0) is 14.0. The van der Waals surface area contributed by atoms with Gasteiger partial charge in [-0.25, -0.2) is 0 Å². The third-order valence-corrected chi connectivity index (χ3v) is 4.12.